The van der Waals surface area contributed by atoms with Gasteiger partial charge in [0.05, 0.1) is 0 Å². The molecule has 5 heteroatoms. The molecule has 2 aliphatic rings. The SMILES string of the molecule is CN=C(NCCC1CCN(C)CC1)NCC1CCCS1. The van der Waals surface area contributed by atoms with Gasteiger partial charge in [-0.2, -0.15) is 11.8 Å². The third kappa shape index (κ3) is 5.52. The first-order chi connectivity index (χ1) is 9.78. The Balaban J connectivity index is 1.56. The lowest BCUT2D eigenvalue weighted by Gasteiger charge is -2.29. The maximum absolute atomic E-state index is 4.32. The molecule has 1 unspecified atom stereocenters. The average Bonchev–Trinajstić information content (AvgIpc) is 2.98. The van der Waals surface area contributed by atoms with Crippen LogP contribution in [0.2, 0.25) is 0 Å². The summed E-state index contributed by atoms with van der Waals surface area (Å²) in [4.78, 5) is 6.75. The van der Waals surface area contributed by atoms with Crippen LogP contribution in [0.5, 0.6) is 0 Å². The number of guanidine groups is 1. The summed E-state index contributed by atoms with van der Waals surface area (Å²) in [6.45, 7) is 4.62. The fraction of sp³-hybridized carbons (Fsp3) is 0.933. The molecule has 2 heterocycles. The molecule has 2 fully saturated rings. The smallest absolute Gasteiger partial charge is 0.191 e. The molecule has 116 valence electrons. The molecule has 2 rings (SSSR count). The Labute approximate surface area is 128 Å². The Hall–Kier alpha value is -0.420. The van der Waals surface area contributed by atoms with E-state index < -0.39 is 0 Å². The molecule has 0 aromatic heterocycles. The van der Waals surface area contributed by atoms with E-state index in [1.165, 1.54) is 50.9 Å². The number of nitrogens with zero attached hydrogens (tertiary/aromatic N) is 2. The molecule has 0 aliphatic carbocycles. The van der Waals surface area contributed by atoms with Crippen molar-refractivity contribution in [2.24, 2.45) is 10.9 Å². The molecule has 0 aromatic rings. The summed E-state index contributed by atoms with van der Waals surface area (Å²) < 4.78 is 0. The monoisotopic (exact) mass is 298 g/mol. The Morgan fingerprint density at radius 2 is 2.05 bits per heavy atom. The normalized spacial score (nSPS) is 25.9. The lowest BCUT2D eigenvalue weighted by atomic mass is 9.94. The van der Waals surface area contributed by atoms with Crippen LogP contribution < -0.4 is 10.6 Å². The zero-order chi connectivity index (χ0) is 14.2. The minimum Gasteiger partial charge on any atom is -0.356 e. The molecule has 4 nitrogen and oxygen atoms in total. The second kappa shape index (κ2) is 8.78. The first kappa shape index (κ1) is 16.0. The van der Waals surface area contributed by atoms with Crippen LogP contribution in [0.4, 0.5) is 0 Å². The lowest BCUT2D eigenvalue weighted by molar-refractivity contribution is 0.213. The maximum Gasteiger partial charge on any atom is 0.191 e. The van der Waals surface area contributed by atoms with Crippen LogP contribution in [0.15, 0.2) is 4.99 Å². The van der Waals surface area contributed by atoms with Crippen LogP contribution in [0, 0.1) is 5.92 Å². The third-order valence-electron chi connectivity index (χ3n) is 4.43. The number of thioether (sulfide) groups is 1. The highest BCUT2D eigenvalue weighted by atomic mass is 32.2. The van der Waals surface area contributed by atoms with Crippen LogP contribution >= 0.6 is 11.8 Å². The van der Waals surface area contributed by atoms with Crippen molar-refractivity contribution in [1.29, 1.82) is 0 Å². The topological polar surface area (TPSA) is 39.7 Å². The van der Waals surface area contributed by atoms with E-state index in [9.17, 15) is 0 Å². The number of aliphatic imine (C=N–C) groups is 1. The van der Waals surface area contributed by atoms with E-state index in [-0.39, 0.29) is 0 Å². The van der Waals surface area contributed by atoms with E-state index in [1.54, 1.807) is 0 Å². The first-order valence-corrected chi connectivity index (χ1v) is 9.07. The number of likely N-dealkylation sites (tertiary alicyclic amines) is 1. The molecular formula is C15H30N4S. The van der Waals surface area contributed by atoms with Crippen molar-refractivity contribution in [3.05, 3.63) is 0 Å². The van der Waals surface area contributed by atoms with E-state index in [4.69, 9.17) is 0 Å². The van der Waals surface area contributed by atoms with Crippen LogP contribution in [0.1, 0.15) is 32.1 Å². The lowest BCUT2D eigenvalue weighted by Crippen LogP contribution is -2.41. The van der Waals surface area contributed by atoms with Crippen molar-refractivity contribution in [1.82, 2.24) is 15.5 Å². The van der Waals surface area contributed by atoms with Crippen molar-refractivity contribution in [2.45, 2.75) is 37.4 Å². The van der Waals surface area contributed by atoms with Gasteiger partial charge in [0.15, 0.2) is 5.96 Å². The van der Waals surface area contributed by atoms with Gasteiger partial charge in [-0.3, -0.25) is 4.99 Å². The van der Waals surface area contributed by atoms with Crippen molar-refractivity contribution in [3.8, 4) is 0 Å². The number of hydrogen-bond acceptors (Lipinski definition) is 3. The molecule has 0 aromatic carbocycles. The Morgan fingerprint density at radius 3 is 2.70 bits per heavy atom. The summed E-state index contributed by atoms with van der Waals surface area (Å²) >= 11 is 2.09. The van der Waals surface area contributed by atoms with Gasteiger partial charge in [0.1, 0.15) is 0 Å². The minimum absolute atomic E-state index is 0.780. The molecule has 0 spiro atoms. The number of piperidine rings is 1. The summed E-state index contributed by atoms with van der Waals surface area (Å²) in [6.07, 6.45) is 6.70. The summed E-state index contributed by atoms with van der Waals surface area (Å²) in [7, 11) is 4.09. The van der Waals surface area contributed by atoms with Gasteiger partial charge in [0.25, 0.3) is 0 Å². The van der Waals surface area contributed by atoms with Crippen molar-refractivity contribution in [3.63, 3.8) is 0 Å². The van der Waals surface area contributed by atoms with E-state index in [2.05, 4.69) is 39.3 Å². The van der Waals surface area contributed by atoms with Gasteiger partial charge in [-0.25, -0.2) is 0 Å². The zero-order valence-corrected chi connectivity index (χ0v) is 13.8. The van der Waals surface area contributed by atoms with Gasteiger partial charge in [-0.15, -0.1) is 0 Å². The molecular weight excluding hydrogens is 268 g/mol. The van der Waals surface area contributed by atoms with E-state index in [0.717, 1.165) is 30.2 Å². The molecule has 2 N–H and O–H groups in total. The molecule has 0 amide bonds. The molecule has 0 saturated carbocycles. The van der Waals surface area contributed by atoms with Gasteiger partial charge in [0.2, 0.25) is 0 Å². The van der Waals surface area contributed by atoms with Gasteiger partial charge in [-0.05, 0) is 63.9 Å². The highest BCUT2D eigenvalue weighted by Crippen LogP contribution is 2.25. The minimum atomic E-state index is 0.780. The molecule has 20 heavy (non-hydrogen) atoms. The van der Waals surface area contributed by atoms with Crippen molar-refractivity contribution < 1.29 is 0 Å². The van der Waals surface area contributed by atoms with Crippen LogP contribution in [0.25, 0.3) is 0 Å². The molecule has 0 radical (unpaired) electrons. The largest absolute Gasteiger partial charge is 0.356 e. The van der Waals surface area contributed by atoms with Gasteiger partial charge in [-0.1, -0.05) is 0 Å². The standard InChI is InChI=1S/C15H30N4S/c1-16-15(18-12-14-4-3-11-20-14)17-8-5-13-6-9-19(2)10-7-13/h13-14H,3-12H2,1-2H3,(H2,16,17,18). The quantitative estimate of drug-likeness (QED) is 0.599. The van der Waals surface area contributed by atoms with Crippen molar-refractivity contribution >= 4 is 17.7 Å². The Kier molecular flexibility index (Phi) is 7.00. The predicted molar refractivity (Wildman–Crippen MR) is 89.7 cm³/mol. The summed E-state index contributed by atoms with van der Waals surface area (Å²) in [5.74, 6) is 3.20. The fourth-order valence-corrected chi connectivity index (χ4v) is 4.18. The summed E-state index contributed by atoms with van der Waals surface area (Å²) in [6, 6.07) is 0. The third-order valence-corrected chi connectivity index (χ3v) is 5.83. The maximum atomic E-state index is 4.32. The molecule has 2 aliphatic heterocycles. The van der Waals surface area contributed by atoms with Gasteiger partial charge < -0.3 is 15.5 Å². The van der Waals surface area contributed by atoms with Gasteiger partial charge in [0, 0.05) is 25.4 Å². The Bertz CT molecular complexity index is 294. The Morgan fingerprint density at radius 1 is 1.25 bits per heavy atom. The van der Waals surface area contributed by atoms with Crippen molar-refractivity contribution in [2.75, 3.05) is 46.0 Å². The number of nitrogens with one attached hydrogen (secondary N) is 2. The van der Waals surface area contributed by atoms with E-state index in [1.807, 2.05) is 7.05 Å². The summed E-state index contributed by atoms with van der Waals surface area (Å²) in [5, 5.41) is 7.71. The van der Waals surface area contributed by atoms with Gasteiger partial charge >= 0.3 is 0 Å². The zero-order valence-electron chi connectivity index (χ0n) is 13.0. The number of rotatable bonds is 5. The second-order valence-electron chi connectivity index (χ2n) is 6.05. The van der Waals surface area contributed by atoms with E-state index >= 15 is 0 Å². The number of hydrogen-bond donors (Lipinski definition) is 2. The molecule has 0 bridgehead atoms. The molecule has 2 saturated heterocycles. The highest BCUT2D eigenvalue weighted by Gasteiger charge is 2.17. The average molecular weight is 298 g/mol. The fourth-order valence-electron chi connectivity index (χ4n) is 2.98. The first-order valence-electron chi connectivity index (χ1n) is 8.02. The van der Waals surface area contributed by atoms with Crippen LogP contribution in [-0.4, -0.2) is 62.1 Å². The second-order valence-corrected chi connectivity index (χ2v) is 7.46. The van der Waals surface area contributed by atoms with Crippen LogP contribution in [0.3, 0.4) is 0 Å². The highest BCUT2D eigenvalue weighted by molar-refractivity contribution is 8.00. The van der Waals surface area contributed by atoms with Crippen LogP contribution in [-0.2, 0) is 0 Å². The van der Waals surface area contributed by atoms with E-state index in [0.29, 0.717) is 0 Å². The molecule has 1 atom stereocenters. The predicted octanol–water partition coefficient (Wildman–Crippen LogP) is 1.78. The summed E-state index contributed by atoms with van der Waals surface area (Å²) in [5.41, 5.74) is 0.